The van der Waals surface area contributed by atoms with Crippen LogP contribution in [-0.2, 0) is 13.2 Å². The summed E-state index contributed by atoms with van der Waals surface area (Å²) in [5.41, 5.74) is -0.503. The minimum Gasteiger partial charge on any atom is -0.317 e. The second-order valence-electron chi connectivity index (χ2n) is 2.79. The summed E-state index contributed by atoms with van der Waals surface area (Å²) >= 11 is 0. The van der Waals surface area contributed by atoms with Crippen molar-refractivity contribution >= 4 is 11.2 Å². The highest BCUT2D eigenvalue weighted by molar-refractivity contribution is 5.70. The van der Waals surface area contributed by atoms with Crippen molar-refractivity contribution in [1.29, 1.82) is 0 Å². The summed E-state index contributed by atoms with van der Waals surface area (Å²) in [6.07, 6.45) is -3.09. The Bertz CT molecular complexity index is 473. The molecule has 0 saturated heterocycles. The van der Waals surface area contributed by atoms with E-state index in [0.717, 1.165) is 6.07 Å². The van der Waals surface area contributed by atoms with Crippen molar-refractivity contribution in [2.75, 3.05) is 0 Å². The Morgan fingerprint density at radius 3 is 2.64 bits per heavy atom. The first-order valence-corrected chi connectivity index (χ1v) is 3.70. The molecular formula is C7H5F3N4. The maximum absolute atomic E-state index is 12.2. The van der Waals surface area contributed by atoms with E-state index in [0.29, 0.717) is 5.65 Å². The Hall–Kier alpha value is -1.66. The molecule has 74 valence electrons. The lowest BCUT2D eigenvalue weighted by molar-refractivity contribution is -0.141. The molecule has 2 rings (SSSR count). The molecule has 0 spiro atoms. The third kappa shape index (κ3) is 1.30. The zero-order valence-corrected chi connectivity index (χ0v) is 7.08. The van der Waals surface area contributed by atoms with E-state index in [1.165, 1.54) is 10.9 Å². The Labute approximate surface area is 76.4 Å². The van der Waals surface area contributed by atoms with Crippen molar-refractivity contribution < 1.29 is 13.2 Å². The monoisotopic (exact) mass is 202 g/mol. The van der Waals surface area contributed by atoms with Crippen molar-refractivity contribution in [2.24, 2.45) is 7.05 Å². The predicted molar refractivity (Wildman–Crippen MR) is 41.3 cm³/mol. The van der Waals surface area contributed by atoms with E-state index in [-0.39, 0.29) is 5.52 Å². The molecule has 0 N–H and O–H groups in total. The SMILES string of the molecule is Cn1cnc2cc(C(F)(F)F)nnc21. The molecule has 0 aromatic carbocycles. The first-order valence-electron chi connectivity index (χ1n) is 3.70. The zero-order chi connectivity index (χ0) is 10.3. The van der Waals surface area contributed by atoms with E-state index < -0.39 is 11.9 Å². The maximum Gasteiger partial charge on any atom is 0.435 e. The average Bonchev–Trinajstić information content (AvgIpc) is 2.46. The van der Waals surface area contributed by atoms with Crippen LogP contribution in [0.4, 0.5) is 13.2 Å². The number of hydrogen-bond acceptors (Lipinski definition) is 3. The second kappa shape index (κ2) is 2.66. The van der Waals surface area contributed by atoms with Crippen molar-refractivity contribution in [3.05, 3.63) is 18.1 Å². The smallest absolute Gasteiger partial charge is 0.317 e. The van der Waals surface area contributed by atoms with Crippen LogP contribution in [0, 0.1) is 0 Å². The van der Waals surface area contributed by atoms with E-state index in [4.69, 9.17) is 0 Å². The van der Waals surface area contributed by atoms with Gasteiger partial charge in [-0.1, -0.05) is 0 Å². The molecule has 2 aromatic heterocycles. The van der Waals surface area contributed by atoms with E-state index in [1.807, 2.05) is 0 Å². The Morgan fingerprint density at radius 2 is 2.00 bits per heavy atom. The summed E-state index contributed by atoms with van der Waals surface area (Å²) in [5, 5.41) is 6.51. The van der Waals surface area contributed by atoms with Crippen LogP contribution in [0.25, 0.3) is 11.2 Å². The molecule has 0 amide bonds. The van der Waals surface area contributed by atoms with Gasteiger partial charge in [0, 0.05) is 13.1 Å². The first kappa shape index (κ1) is 8.92. The van der Waals surface area contributed by atoms with Gasteiger partial charge in [0.1, 0.15) is 5.52 Å². The minimum absolute atomic E-state index is 0.190. The normalized spacial score (nSPS) is 12.3. The summed E-state index contributed by atoms with van der Waals surface area (Å²) < 4.78 is 38.1. The molecule has 7 heteroatoms. The van der Waals surface area contributed by atoms with Gasteiger partial charge >= 0.3 is 6.18 Å². The minimum atomic E-state index is -4.47. The molecule has 2 aromatic rings. The number of hydrogen-bond donors (Lipinski definition) is 0. The number of imidazole rings is 1. The predicted octanol–water partition coefficient (Wildman–Crippen LogP) is 1.38. The summed E-state index contributed by atoms with van der Waals surface area (Å²) in [6.45, 7) is 0. The van der Waals surface area contributed by atoms with Crippen LogP contribution >= 0.6 is 0 Å². The molecule has 0 bridgehead atoms. The number of halogens is 3. The number of alkyl halides is 3. The maximum atomic E-state index is 12.2. The topological polar surface area (TPSA) is 43.6 Å². The van der Waals surface area contributed by atoms with Gasteiger partial charge in [-0.15, -0.1) is 10.2 Å². The number of rotatable bonds is 0. The molecule has 0 aliphatic carbocycles. The quantitative estimate of drug-likeness (QED) is 0.648. The molecule has 0 aliphatic heterocycles. The lowest BCUT2D eigenvalue weighted by Gasteiger charge is -2.03. The summed E-state index contributed by atoms with van der Waals surface area (Å²) in [7, 11) is 1.64. The Balaban J connectivity index is 2.63. The average molecular weight is 202 g/mol. The van der Waals surface area contributed by atoms with E-state index in [1.54, 1.807) is 7.05 Å². The van der Waals surface area contributed by atoms with Gasteiger partial charge in [-0.2, -0.15) is 13.2 Å². The molecule has 14 heavy (non-hydrogen) atoms. The summed E-state index contributed by atoms with van der Waals surface area (Å²) in [6, 6.07) is 0.877. The van der Waals surface area contributed by atoms with Crippen LogP contribution < -0.4 is 0 Å². The van der Waals surface area contributed by atoms with E-state index >= 15 is 0 Å². The number of fused-ring (bicyclic) bond motifs is 1. The highest BCUT2D eigenvalue weighted by Crippen LogP contribution is 2.28. The fourth-order valence-corrected chi connectivity index (χ4v) is 1.06. The molecule has 0 aliphatic rings. The van der Waals surface area contributed by atoms with Crippen molar-refractivity contribution in [3.63, 3.8) is 0 Å². The van der Waals surface area contributed by atoms with Gasteiger partial charge in [0.25, 0.3) is 0 Å². The molecule has 0 unspecified atom stereocenters. The molecule has 0 radical (unpaired) electrons. The van der Waals surface area contributed by atoms with Crippen molar-refractivity contribution in [1.82, 2.24) is 19.7 Å². The molecule has 0 atom stereocenters. The van der Waals surface area contributed by atoms with Crippen molar-refractivity contribution in [3.8, 4) is 0 Å². The lowest BCUT2D eigenvalue weighted by atomic mass is 10.3. The van der Waals surface area contributed by atoms with Crippen LogP contribution in [-0.4, -0.2) is 19.7 Å². The molecule has 0 saturated carbocycles. The van der Waals surface area contributed by atoms with Gasteiger partial charge in [-0.3, -0.25) is 0 Å². The highest BCUT2D eigenvalue weighted by atomic mass is 19.4. The van der Waals surface area contributed by atoms with Gasteiger partial charge in [0.15, 0.2) is 11.3 Å². The molecule has 4 nitrogen and oxygen atoms in total. The Morgan fingerprint density at radius 1 is 1.29 bits per heavy atom. The number of nitrogens with zero attached hydrogens (tertiary/aromatic N) is 4. The summed E-state index contributed by atoms with van der Waals surface area (Å²) in [5.74, 6) is 0. The van der Waals surface area contributed by atoms with E-state index in [2.05, 4.69) is 15.2 Å². The lowest BCUT2D eigenvalue weighted by Crippen LogP contribution is -2.09. The van der Waals surface area contributed by atoms with Crippen LogP contribution in [0.3, 0.4) is 0 Å². The van der Waals surface area contributed by atoms with Gasteiger partial charge in [0.2, 0.25) is 0 Å². The largest absolute Gasteiger partial charge is 0.435 e. The fraction of sp³-hybridized carbons (Fsp3) is 0.286. The van der Waals surface area contributed by atoms with Crippen LogP contribution in [0.15, 0.2) is 12.4 Å². The summed E-state index contributed by atoms with van der Waals surface area (Å²) in [4.78, 5) is 3.75. The van der Waals surface area contributed by atoms with Gasteiger partial charge in [-0.05, 0) is 0 Å². The van der Waals surface area contributed by atoms with Crippen molar-refractivity contribution in [2.45, 2.75) is 6.18 Å². The van der Waals surface area contributed by atoms with Crippen LogP contribution in [0.5, 0.6) is 0 Å². The third-order valence-corrected chi connectivity index (χ3v) is 1.75. The van der Waals surface area contributed by atoms with Gasteiger partial charge in [0.05, 0.1) is 6.33 Å². The first-order chi connectivity index (χ1) is 6.48. The second-order valence-corrected chi connectivity index (χ2v) is 2.79. The Kier molecular flexibility index (Phi) is 1.70. The molecule has 2 heterocycles. The zero-order valence-electron chi connectivity index (χ0n) is 7.08. The van der Waals surface area contributed by atoms with Gasteiger partial charge < -0.3 is 4.57 Å². The van der Waals surface area contributed by atoms with E-state index in [9.17, 15) is 13.2 Å². The molecular weight excluding hydrogens is 197 g/mol. The standard InChI is InChI=1S/C7H5F3N4/c1-14-3-11-4-2-5(7(8,9)10)12-13-6(4)14/h2-3H,1H3. The number of aryl methyl sites for hydroxylation is 1. The fourth-order valence-electron chi connectivity index (χ4n) is 1.06. The highest BCUT2D eigenvalue weighted by Gasteiger charge is 2.33. The van der Waals surface area contributed by atoms with Crippen LogP contribution in [0.2, 0.25) is 0 Å². The third-order valence-electron chi connectivity index (χ3n) is 1.75. The number of aromatic nitrogens is 4. The van der Waals surface area contributed by atoms with Gasteiger partial charge in [-0.25, -0.2) is 4.98 Å². The van der Waals surface area contributed by atoms with Crippen LogP contribution in [0.1, 0.15) is 5.69 Å². The molecule has 0 fully saturated rings.